The first-order chi connectivity index (χ1) is 22.8. The van der Waals surface area contributed by atoms with Gasteiger partial charge in [-0.1, -0.05) is 20.8 Å². The Kier molecular flexibility index (Phi) is 11.3. The third kappa shape index (κ3) is 7.63. The highest BCUT2D eigenvalue weighted by atomic mass is 32.2. The van der Waals surface area contributed by atoms with Crippen molar-refractivity contribution in [3.8, 4) is 0 Å². The van der Waals surface area contributed by atoms with Crippen molar-refractivity contribution in [1.82, 2.24) is 0 Å². The molecular weight excluding hydrogens is 699 g/mol. The van der Waals surface area contributed by atoms with Crippen LogP contribution in [-0.2, 0) is 48.2 Å². The van der Waals surface area contributed by atoms with E-state index in [4.69, 9.17) is 14.2 Å². The zero-order chi connectivity index (χ0) is 37.8. The van der Waals surface area contributed by atoms with E-state index in [1.54, 1.807) is 6.92 Å². The molecule has 0 aliphatic heterocycles. The van der Waals surface area contributed by atoms with E-state index in [1.165, 1.54) is 20.8 Å². The Labute approximate surface area is 288 Å². The van der Waals surface area contributed by atoms with Crippen molar-refractivity contribution in [3.05, 3.63) is 0 Å². The van der Waals surface area contributed by atoms with Crippen LogP contribution in [0.15, 0.2) is 0 Å². The van der Waals surface area contributed by atoms with E-state index >= 15 is 0 Å². The van der Waals surface area contributed by atoms with Gasteiger partial charge in [0.2, 0.25) is 0 Å². The van der Waals surface area contributed by atoms with Crippen molar-refractivity contribution in [2.45, 2.75) is 135 Å². The van der Waals surface area contributed by atoms with Gasteiger partial charge in [-0.15, -0.1) is 0 Å². The summed E-state index contributed by atoms with van der Waals surface area (Å²) in [5.41, 5.74) is -1.01. The van der Waals surface area contributed by atoms with Gasteiger partial charge in [-0.3, -0.25) is 19.2 Å². The molecule has 0 aromatic carbocycles. The minimum atomic E-state index is -6.83. The van der Waals surface area contributed by atoms with Crippen molar-refractivity contribution in [3.63, 3.8) is 0 Å². The number of hydrogen-bond acceptors (Lipinski definition) is 11. The van der Waals surface area contributed by atoms with Gasteiger partial charge in [0, 0.05) is 38.5 Å². The summed E-state index contributed by atoms with van der Waals surface area (Å²) in [4.78, 5) is 49.2. The highest BCUT2D eigenvalue weighted by molar-refractivity contribution is 7.86. The van der Waals surface area contributed by atoms with Crippen LogP contribution >= 0.6 is 0 Å². The summed E-state index contributed by atoms with van der Waals surface area (Å²) in [6.45, 7) is 9.87. The molecule has 12 atom stereocenters. The molecule has 4 fully saturated rings. The maximum absolute atomic E-state index is 13.9. The molecule has 12 unspecified atom stereocenters. The zero-order valence-corrected chi connectivity index (χ0v) is 29.7. The van der Waals surface area contributed by atoms with Crippen LogP contribution in [0.5, 0.6) is 0 Å². The van der Waals surface area contributed by atoms with Crippen molar-refractivity contribution in [1.29, 1.82) is 0 Å². The molecule has 286 valence electrons. The van der Waals surface area contributed by atoms with Crippen molar-refractivity contribution in [2.24, 2.45) is 46.3 Å². The lowest BCUT2D eigenvalue weighted by Crippen LogP contribution is -2.63. The molecule has 0 N–H and O–H groups in total. The minimum Gasteiger partial charge on any atom is -0.743 e. The van der Waals surface area contributed by atoms with E-state index in [9.17, 15) is 54.1 Å². The van der Waals surface area contributed by atoms with Crippen LogP contribution in [0, 0.1) is 46.3 Å². The molecule has 11 nitrogen and oxygen atoms in total. The summed E-state index contributed by atoms with van der Waals surface area (Å²) < 4.78 is 122. The summed E-state index contributed by atoms with van der Waals surface area (Å²) in [5, 5.41) is -5.94. The standard InChI is InChI=1S/C33H47F5O11S/c1-16(7-10-27(42)49-29(32(34,35)36)33(37,38)50(43,44)45)22-8-9-23-28-24(15-26(31(22,23)6)48-19(4)41)30(5)12-11-21(46-17(2)39)13-20(30)14-25(28)47-18(3)40/h16,20-26,28-29H,7-15H2,1-6H3,(H,43,44,45)/p-1. The average molecular weight is 746 g/mol. The number of fused-ring (bicyclic) bond motifs is 5. The van der Waals surface area contributed by atoms with Crippen LogP contribution in [0.4, 0.5) is 22.0 Å². The number of carbonyl (C=O) groups is 4. The highest BCUT2D eigenvalue weighted by Gasteiger charge is 2.68. The van der Waals surface area contributed by atoms with E-state index in [1.807, 2.05) is 6.92 Å². The number of esters is 4. The van der Waals surface area contributed by atoms with Gasteiger partial charge in [-0.25, -0.2) is 8.42 Å². The molecule has 4 aliphatic carbocycles. The first kappa shape index (κ1) is 40.2. The van der Waals surface area contributed by atoms with Gasteiger partial charge in [-0.05, 0) is 86.4 Å². The molecule has 0 bridgehead atoms. The number of hydrogen-bond donors (Lipinski definition) is 0. The number of carbonyl (C=O) groups excluding carboxylic acids is 4. The third-order valence-corrected chi connectivity index (χ3v) is 13.3. The molecule has 0 saturated heterocycles. The smallest absolute Gasteiger partial charge is 0.432 e. The summed E-state index contributed by atoms with van der Waals surface area (Å²) in [6.07, 6.45) is -8.73. The fourth-order valence-electron chi connectivity index (χ4n) is 10.3. The summed E-state index contributed by atoms with van der Waals surface area (Å²) in [5.74, 6) is -4.13. The monoisotopic (exact) mass is 745 g/mol. The van der Waals surface area contributed by atoms with Gasteiger partial charge in [0.15, 0.2) is 10.1 Å². The average Bonchev–Trinajstić information content (AvgIpc) is 3.31. The van der Waals surface area contributed by atoms with Crippen LogP contribution < -0.4 is 0 Å². The van der Waals surface area contributed by atoms with Crippen molar-refractivity contribution in [2.75, 3.05) is 0 Å². The van der Waals surface area contributed by atoms with Crippen LogP contribution in [0.25, 0.3) is 0 Å². The van der Waals surface area contributed by atoms with Gasteiger partial charge >= 0.3 is 35.3 Å². The van der Waals surface area contributed by atoms with E-state index < -0.39 is 75.5 Å². The molecular formula is C33H46F5O11S-. The van der Waals surface area contributed by atoms with E-state index in [2.05, 4.69) is 11.7 Å². The Bertz CT molecular complexity index is 1440. The molecule has 0 aromatic heterocycles. The second-order valence-corrected chi connectivity index (χ2v) is 16.7. The predicted octanol–water partition coefficient (Wildman–Crippen LogP) is 5.69. The molecule has 50 heavy (non-hydrogen) atoms. The fourth-order valence-corrected chi connectivity index (χ4v) is 10.8. The van der Waals surface area contributed by atoms with E-state index in [0.717, 1.165) is 6.42 Å². The Morgan fingerprint density at radius 3 is 2.00 bits per heavy atom. The Morgan fingerprint density at radius 2 is 1.46 bits per heavy atom. The number of rotatable bonds is 10. The zero-order valence-electron chi connectivity index (χ0n) is 28.9. The maximum Gasteiger partial charge on any atom is 0.432 e. The lowest BCUT2D eigenvalue weighted by atomic mass is 9.43. The highest BCUT2D eigenvalue weighted by Crippen LogP contribution is 2.69. The van der Waals surface area contributed by atoms with Crippen molar-refractivity contribution >= 4 is 34.0 Å². The first-order valence-corrected chi connectivity index (χ1v) is 18.4. The van der Waals surface area contributed by atoms with E-state index in [-0.39, 0.29) is 53.5 Å². The van der Waals surface area contributed by atoms with Gasteiger partial charge in [0.05, 0.1) is 0 Å². The number of halogens is 5. The Morgan fingerprint density at radius 1 is 0.860 bits per heavy atom. The van der Waals surface area contributed by atoms with Crippen LogP contribution in [0.2, 0.25) is 0 Å². The van der Waals surface area contributed by atoms with E-state index in [0.29, 0.717) is 38.5 Å². The molecule has 4 saturated carbocycles. The first-order valence-electron chi connectivity index (χ1n) is 16.9. The summed E-state index contributed by atoms with van der Waals surface area (Å²) >= 11 is 0. The predicted molar refractivity (Wildman–Crippen MR) is 162 cm³/mol. The molecule has 0 aromatic rings. The Hall–Kier alpha value is -2.56. The van der Waals surface area contributed by atoms with Crippen LogP contribution in [0.3, 0.4) is 0 Å². The second-order valence-electron chi connectivity index (χ2n) is 15.2. The lowest BCUT2D eigenvalue weighted by Gasteiger charge is -2.64. The molecule has 4 rings (SSSR count). The molecule has 0 heterocycles. The van der Waals surface area contributed by atoms with Gasteiger partial charge < -0.3 is 23.5 Å². The molecule has 0 amide bonds. The molecule has 0 spiro atoms. The van der Waals surface area contributed by atoms with Gasteiger partial charge in [-0.2, -0.15) is 22.0 Å². The van der Waals surface area contributed by atoms with Gasteiger partial charge in [0.25, 0.3) is 6.10 Å². The van der Waals surface area contributed by atoms with Crippen LogP contribution in [-0.4, -0.2) is 72.7 Å². The largest absolute Gasteiger partial charge is 0.743 e. The SMILES string of the molecule is CC(=O)OC1CCC2(C)C(C1)CC(OC(C)=O)C1C2CC(OC(C)=O)C2(C)C(C(C)CCC(=O)OC(C(F)(F)F)C(F)(F)S(=O)(=O)[O-])CCC12. The third-order valence-electron chi connectivity index (χ3n) is 12.4. The molecule has 0 radical (unpaired) electrons. The summed E-state index contributed by atoms with van der Waals surface area (Å²) in [7, 11) is -6.83. The minimum absolute atomic E-state index is 0.0418. The molecule has 4 aliphatic rings. The Balaban J connectivity index is 1.60. The van der Waals surface area contributed by atoms with Crippen molar-refractivity contribution < 1.29 is 73.0 Å². The lowest BCUT2D eigenvalue weighted by molar-refractivity contribution is -0.259. The second kappa shape index (κ2) is 14.1. The van der Waals surface area contributed by atoms with Gasteiger partial charge in [0.1, 0.15) is 18.3 Å². The molecule has 17 heteroatoms. The summed E-state index contributed by atoms with van der Waals surface area (Å²) in [6, 6.07) is 0. The normalized spacial score (nSPS) is 36.9. The number of alkyl halides is 5. The topological polar surface area (TPSA) is 162 Å². The number of ether oxygens (including phenoxy) is 4. The fraction of sp³-hybridized carbons (Fsp3) is 0.879. The van der Waals surface area contributed by atoms with Crippen LogP contribution in [0.1, 0.15) is 99.3 Å². The quantitative estimate of drug-likeness (QED) is 0.117. The maximum atomic E-state index is 13.9.